The Kier molecular flexibility index (Phi) is 6.02. The molecular weight excluding hydrogens is 334 g/mol. The molecule has 1 aromatic heterocycles. The van der Waals surface area contributed by atoms with Gasteiger partial charge in [0.2, 0.25) is 0 Å². The van der Waals surface area contributed by atoms with Crippen molar-refractivity contribution in [3.63, 3.8) is 0 Å². The van der Waals surface area contributed by atoms with Crippen molar-refractivity contribution < 1.29 is 13.2 Å². The van der Waals surface area contributed by atoms with Gasteiger partial charge in [-0.2, -0.15) is 0 Å². The molecule has 1 N–H and O–H groups in total. The molecular formula is C15H25N3O3S2. The Morgan fingerprint density at radius 2 is 2.22 bits per heavy atom. The largest absolute Gasteiger partial charge is 0.333 e. The van der Waals surface area contributed by atoms with Crippen LogP contribution in [0, 0.1) is 12.8 Å². The lowest BCUT2D eigenvalue weighted by Crippen LogP contribution is -2.46. The molecule has 1 fully saturated rings. The number of likely N-dealkylation sites (tertiary alicyclic amines) is 1. The molecule has 0 spiro atoms. The van der Waals surface area contributed by atoms with Gasteiger partial charge in [-0.3, -0.25) is 0 Å². The van der Waals surface area contributed by atoms with E-state index in [1.165, 1.54) is 6.26 Å². The Morgan fingerprint density at radius 3 is 2.83 bits per heavy atom. The second-order valence-electron chi connectivity index (χ2n) is 6.18. The lowest BCUT2D eigenvalue weighted by atomic mass is 10.0. The number of nitrogens with zero attached hydrogens (tertiary/aromatic N) is 2. The number of thiazole rings is 1. The minimum Gasteiger partial charge on any atom is -0.333 e. The van der Waals surface area contributed by atoms with Crippen molar-refractivity contribution in [2.24, 2.45) is 5.92 Å². The second-order valence-corrected chi connectivity index (χ2v) is 9.53. The van der Waals surface area contributed by atoms with E-state index in [9.17, 15) is 13.2 Å². The number of rotatable bonds is 5. The molecule has 1 aromatic rings. The van der Waals surface area contributed by atoms with E-state index in [0.717, 1.165) is 34.8 Å². The molecule has 6 nitrogen and oxygen atoms in total. The number of sulfone groups is 1. The van der Waals surface area contributed by atoms with Crippen LogP contribution in [0.1, 0.15) is 35.3 Å². The van der Waals surface area contributed by atoms with Crippen LogP contribution >= 0.6 is 11.3 Å². The Hall–Kier alpha value is -1.15. The van der Waals surface area contributed by atoms with E-state index >= 15 is 0 Å². The van der Waals surface area contributed by atoms with E-state index in [-0.39, 0.29) is 17.7 Å². The van der Waals surface area contributed by atoms with Gasteiger partial charge in [0.1, 0.15) is 9.84 Å². The standard InChI is InChI=1S/C15H25N3O3S2/c1-4-14-17-11(2)13(22-14)8-16-15(19)18-7-5-6-12(9-18)10-23(3,20)21/h12H,4-10H2,1-3H3,(H,16,19)/t12-/m0/s1. The highest BCUT2D eigenvalue weighted by Gasteiger charge is 2.26. The number of carbonyl (C=O) groups is 1. The van der Waals surface area contributed by atoms with Gasteiger partial charge in [0.25, 0.3) is 0 Å². The number of hydrogen-bond donors (Lipinski definition) is 1. The minimum atomic E-state index is -3.00. The molecule has 0 aliphatic carbocycles. The summed E-state index contributed by atoms with van der Waals surface area (Å²) in [4.78, 5) is 19.6. The second kappa shape index (κ2) is 7.61. The first kappa shape index (κ1) is 18.2. The number of aryl methyl sites for hydroxylation is 2. The number of hydrogen-bond acceptors (Lipinski definition) is 5. The zero-order valence-electron chi connectivity index (χ0n) is 14.0. The first-order valence-corrected chi connectivity index (χ1v) is 10.8. The summed E-state index contributed by atoms with van der Waals surface area (Å²) in [7, 11) is -3.00. The van der Waals surface area contributed by atoms with Crippen molar-refractivity contribution in [3.8, 4) is 0 Å². The summed E-state index contributed by atoms with van der Waals surface area (Å²) < 4.78 is 22.9. The SMILES string of the molecule is CCc1nc(C)c(CNC(=O)N2CCC[C@H](CS(C)(=O)=O)C2)s1. The van der Waals surface area contributed by atoms with Gasteiger partial charge in [0.15, 0.2) is 0 Å². The normalized spacial score (nSPS) is 18.9. The summed E-state index contributed by atoms with van der Waals surface area (Å²) in [6.45, 7) is 5.71. The van der Waals surface area contributed by atoms with Gasteiger partial charge < -0.3 is 10.2 Å². The summed E-state index contributed by atoms with van der Waals surface area (Å²) >= 11 is 1.63. The van der Waals surface area contributed by atoms with Crippen molar-refractivity contribution in [1.29, 1.82) is 0 Å². The fourth-order valence-electron chi connectivity index (χ4n) is 2.88. The molecule has 0 saturated carbocycles. The first-order chi connectivity index (χ1) is 10.8. The highest BCUT2D eigenvalue weighted by Crippen LogP contribution is 2.20. The summed E-state index contributed by atoms with van der Waals surface area (Å²) in [5, 5.41) is 4.02. The minimum absolute atomic E-state index is 0.0429. The van der Waals surface area contributed by atoms with Crippen molar-refractivity contribution in [2.45, 2.75) is 39.7 Å². The maximum atomic E-state index is 12.3. The quantitative estimate of drug-likeness (QED) is 0.872. The molecule has 0 bridgehead atoms. The van der Waals surface area contributed by atoms with E-state index in [0.29, 0.717) is 19.6 Å². The van der Waals surface area contributed by atoms with Crippen LogP contribution in [0.15, 0.2) is 0 Å². The Balaban J connectivity index is 1.88. The van der Waals surface area contributed by atoms with Crippen molar-refractivity contribution >= 4 is 27.2 Å². The first-order valence-electron chi connectivity index (χ1n) is 7.94. The maximum absolute atomic E-state index is 12.3. The molecule has 2 amide bonds. The number of amides is 2. The molecule has 1 aliphatic rings. The van der Waals surface area contributed by atoms with Gasteiger partial charge in [-0.05, 0) is 32.1 Å². The molecule has 23 heavy (non-hydrogen) atoms. The van der Waals surface area contributed by atoms with Crippen LogP contribution in [-0.2, 0) is 22.8 Å². The Bertz CT molecular complexity index is 655. The summed E-state index contributed by atoms with van der Waals surface area (Å²) in [5.41, 5.74) is 0.973. The molecule has 2 rings (SSSR count). The van der Waals surface area contributed by atoms with E-state index in [1.54, 1.807) is 16.2 Å². The van der Waals surface area contributed by atoms with E-state index in [2.05, 4.69) is 17.2 Å². The molecule has 0 radical (unpaired) electrons. The lowest BCUT2D eigenvalue weighted by Gasteiger charge is -2.32. The highest BCUT2D eigenvalue weighted by molar-refractivity contribution is 7.90. The van der Waals surface area contributed by atoms with Crippen molar-refractivity contribution in [2.75, 3.05) is 25.1 Å². The third kappa shape index (κ3) is 5.46. The fraction of sp³-hybridized carbons (Fsp3) is 0.733. The van der Waals surface area contributed by atoms with E-state index in [4.69, 9.17) is 0 Å². The van der Waals surface area contributed by atoms with Crippen LogP contribution < -0.4 is 5.32 Å². The van der Waals surface area contributed by atoms with Crippen LogP contribution in [0.4, 0.5) is 4.79 Å². The van der Waals surface area contributed by atoms with Crippen LogP contribution in [0.2, 0.25) is 0 Å². The molecule has 1 atom stereocenters. The number of piperidine rings is 1. The number of urea groups is 1. The van der Waals surface area contributed by atoms with Crippen molar-refractivity contribution in [3.05, 3.63) is 15.6 Å². The molecule has 1 saturated heterocycles. The van der Waals surface area contributed by atoms with Gasteiger partial charge in [-0.25, -0.2) is 18.2 Å². The van der Waals surface area contributed by atoms with Crippen LogP contribution in [0.5, 0.6) is 0 Å². The highest BCUT2D eigenvalue weighted by atomic mass is 32.2. The third-order valence-corrected chi connectivity index (χ3v) is 6.36. The van der Waals surface area contributed by atoms with Gasteiger partial charge in [-0.1, -0.05) is 6.92 Å². The van der Waals surface area contributed by atoms with E-state index < -0.39 is 9.84 Å². The number of aromatic nitrogens is 1. The van der Waals surface area contributed by atoms with Gasteiger partial charge in [-0.15, -0.1) is 11.3 Å². The number of carbonyl (C=O) groups excluding carboxylic acids is 1. The average Bonchev–Trinajstić information content (AvgIpc) is 2.83. The predicted molar refractivity (Wildman–Crippen MR) is 92.5 cm³/mol. The molecule has 2 heterocycles. The van der Waals surface area contributed by atoms with Crippen LogP contribution in [0.3, 0.4) is 0 Å². The zero-order valence-corrected chi connectivity index (χ0v) is 15.6. The van der Waals surface area contributed by atoms with Crippen LogP contribution in [0.25, 0.3) is 0 Å². The smallest absolute Gasteiger partial charge is 0.317 e. The third-order valence-electron chi connectivity index (χ3n) is 3.98. The summed E-state index contributed by atoms with van der Waals surface area (Å²) in [6.07, 6.45) is 3.88. The summed E-state index contributed by atoms with van der Waals surface area (Å²) in [6, 6.07) is -0.117. The molecule has 8 heteroatoms. The molecule has 130 valence electrons. The zero-order chi connectivity index (χ0) is 17.0. The van der Waals surface area contributed by atoms with Crippen LogP contribution in [-0.4, -0.2) is 49.4 Å². The fourth-order valence-corrected chi connectivity index (χ4v) is 4.96. The Morgan fingerprint density at radius 1 is 1.48 bits per heavy atom. The lowest BCUT2D eigenvalue weighted by molar-refractivity contribution is 0.170. The molecule has 1 aliphatic heterocycles. The predicted octanol–water partition coefficient (Wildman–Crippen LogP) is 1.98. The molecule has 0 unspecified atom stereocenters. The summed E-state index contributed by atoms with van der Waals surface area (Å²) in [5.74, 6) is 0.200. The maximum Gasteiger partial charge on any atom is 0.317 e. The molecule has 0 aromatic carbocycles. The Labute approximate surface area is 142 Å². The van der Waals surface area contributed by atoms with Gasteiger partial charge in [0.05, 0.1) is 23.0 Å². The average molecular weight is 360 g/mol. The van der Waals surface area contributed by atoms with E-state index in [1.807, 2.05) is 6.92 Å². The number of nitrogens with one attached hydrogen (secondary N) is 1. The van der Waals surface area contributed by atoms with Gasteiger partial charge >= 0.3 is 6.03 Å². The monoisotopic (exact) mass is 359 g/mol. The van der Waals surface area contributed by atoms with Crippen molar-refractivity contribution in [1.82, 2.24) is 15.2 Å². The topological polar surface area (TPSA) is 79.4 Å². The van der Waals surface area contributed by atoms with Gasteiger partial charge in [0, 0.05) is 24.2 Å².